The SMILES string of the molecule is O=C(Nc1cc(Cl)c(OS(=O)(=O)C(F)(F)F)c(Cl)c1)OCc1ccccc1. The maximum atomic E-state index is 12.4. The van der Waals surface area contributed by atoms with Gasteiger partial charge in [0.05, 0.1) is 10.0 Å². The van der Waals surface area contributed by atoms with E-state index in [1.54, 1.807) is 30.3 Å². The van der Waals surface area contributed by atoms with Gasteiger partial charge in [-0.25, -0.2) is 4.79 Å². The Bertz CT molecular complexity index is 913. The molecule has 2 rings (SSSR count). The van der Waals surface area contributed by atoms with Gasteiger partial charge < -0.3 is 8.92 Å². The number of carbonyl (C=O) groups is 1. The van der Waals surface area contributed by atoms with Gasteiger partial charge in [-0.3, -0.25) is 5.32 Å². The summed E-state index contributed by atoms with van der Waals surface area (Å²) in [5, 5.41) is 1.13. The predicted molar refractivity (Wildman–Crippen MR) is 92.3 cm³/mol. The number of rotatable bonds is 5. The molecule has 0 spiro atoms. The topological polar surface area (TPSA) is 81.7 Å². The third-order valence-electron chi connectivity index (χ3n) is 2.93. The Kier molecular flexibility index (Phi) is 6.45. The van der Waals surface area contributed by atoms with Gasteiger partial charge in [0.15, 0.2) is 5.75 Å². The first-order chi connectivity index (χ1) is 12.5. The largest absolute Gasteiger partial charge is 0.534 e. The van der Waals surface area contributed by atoms with Crippen molar-refractivity contribution in [2.45, 2.75) is 12.1 Å². The Morgan fingerprint density at radius 1 is 1.07 bits per heavy atom. The molecule has 1 N–H and O–H groups in total. The van der Waals surface area contributed by atoms with E-state index in [9.17, 15) is 26.4 Å². The summed E-state index contributed by atoms with van der Waals surface area (Å²) in [6.07, 6.45) is -0.887. The molecule has 0 radical (unpaired) electrons. The van der Waals surface area contributed by atoms with Gasteiger partial charge >= 0.3 is 21.7 Å². The van der Waals surface area contributed by atoms with Crippen LogP contribution >= 0.6 is 23.2 Å². The number of hydrogen-bond donors (Lipinski definition) is 1. The molecule has 0 unspecified atom stereocenters. The van der Waals surface area contributed by atoms with E-state index in [4.69, 9.17) is 27.9 Å². The molecule has 2 aromatic carbocycles. The minimum absolute atomic E-state index is 0.0286. The van der Waals surface area contributed by atoms with Crippen LogP contribution in [-0.4, -0.2) is 20.0 Å². The van der Waals surface area contributed by atoms with Gasteiger partial charge in [0.25, 0.3) is 0 Å². The van der Waals surface area contributed by atoms with Crippen LogP contribution in [0.25, 0.3) is 0 Å². The van der Waals surface area contributed by atoms with E-state index < -0.39 is 37.5 Å². The second kappa shape index (κ2) is 8.24. The van der Waals surface area contributed by atoms with Crippen molar-refractivity contribution in [3.8, 4) is 5.75 Å². The van der Waals surface area contributed by atoms with Gasteiger partial charge in [-0.15, -0.1) is 0 Å². The van der Waals surface area contributed by atoms with Crippen LogP contribution < -0.4 is 9.50 Å². The molecule has 0 aliphatic carbocycles. The third-order valence-corrected chi connectivity index (χ3v) is 4.45. The summed E-state index contributed by atoms with van der Waals surface area (Å²) in [5.74, 6) is -0.918. The Morgan fingerprint density at radius 3 is 2.15 bits per heavy atom. The number of alkyl halides is 3. The van der Waals surface area contributed by atoms with Crippen molar-refractivity contribution in [3.63, 3.8) is 0 Å². The Hall–Kier alpha value is -2.17. The highest BCUT2D eigenvalue weighted by molar-refractivity contribution is 7.88. The number of halogens is 5. The van der Waals surface area contributed by atoms with Crippen LogP contribution in [0.3, 0.4) is 0 Å². The van der Waals surface area contributed by atoms with Crippen molar-refractivity contribution in [1.82, 2.24) is 0 Å². The highest BCUT2D eigenvalue weighted by Crippen LogP contribution is 2.39. The number of amides is 1. The number of nitrogens with one attached hydrogen (secondary N) is 1. The molecule has 0 aliphatic rings. The monoisotopic (exact) mass is 443 g/mol. The molecule has 0 saturated heterocycles. The van der Waals surface area contributed by atoms with Gasteiger partial charge in [-0.2, -0.15) is 21.6 Å². The van der Waals surface area contributed by atoms with E-state index in [-0.39, 0.29) is 12.3 Å². The number of ether oxygens (including phenoxy) is 1. The van der Waals surface area contributed by atoms with Crippen LogP contribution in [0.2, 0.25) is 10.0 Å². The van der Waals surface area contributed by atoms with Gasteiger partial charge in [-0.05, 0) is 17.7 Å². The minimum atomic E-state index is -5.95. The van der Waals surface area contributed by atoms with Crippen LogP contribution in [0.15, 0.2) is 42.5 Å². The molecule has 1 amide bonds. The normalized spacial score (nSPS) is 11.7. The number of hydrogen-bond acceptors (Lipinski definition) is 5. The van der Waals surface area contributed by atoms with Gasteiger partial charge in [0, 0.05) is 5.69 Å². The second-order valence-electron chi connectivity index (χ2n) is 4.94. The van der Waals surface area contributed by atoms with Crippen LogP contribution in [0, 0.1) is 0 Å². The fourth-order valence-corrected chi connectivity index (χ4v) is 2.89. The van der Waals surface area contributed by atoms with Crippen molar-refractivity contribution in [2.24, 2.45) is 0 Å². The number of carbonyl (C=O) groups excluding carboxylic acids is 1. The molecule has 0 heterocycles. The lowest BCUT2D eigenvalue weighted by Crippen LogP contribution is -2.28. The maximum absolute atomic E-state index is 12.4. The van der Waals surface area contributed by atoms with Gasteiger partial charge in [-0.1, -0.05) is 53.5 Å². The average Bonchev–Trinajstić information content (AvgIpc) is 2.56. The Labute approximate surface area is 161 Å². The summed E-state index contributed by atoms with van der Waals surface area (Å²) in [7, 11) is -5.95. The fraction of sp³-hybridized carbons (Fsp3) is 0.133. The fourth-order valence-electron chi connectivity index (χ4n) is 1.75. The zero-order valence-electron chi connectivity index (χ0n) is 13.1. The third kappa shape index (κ3) is 5.65. The van der Waals surface area contributed by atoms with Crippen molar-refractivity contribution in [1.29, 1.82) is 0 Å². The van der Waals surface area contributed by atoms with Crippen LogP contribution in [-0.2, 0) is 21.5 Å². The summed E-state index contributed by atoms with van der Waals surface area (Å²) in [6, 6.07) is 10.7. The molecular formula is C15H10Cl2F3NO5S. The van der Waals surface area contributed by atoms with E-state index in [1.165, 1.54) is 0 Å². The van der Waals surface area contributed by atoms with Gasteiger partial charge in [0.2, 0.25) is 0 Å². The van der Waals surface area contributed by atoms with Crippen LogP contribution in [0.5, 0.6) is 5.75 Å². The molecule has 146 valence electrons. The van der Waals surface area contributed by atoms with E-state index in [2.05, 4.69) is 9.50 Å². The van der Waals surface area contributed by atoms with E-state index in [0.717, 1.165) is 17.7 Å². The predicted octanol–water partition coefficient (Wildman–Crippen LogP) is 4.97. The van der Waals surface area contributed by atoms with Crippen LogP contribution in [0.4, 0.5) is 23.7 Å². The van der Waals surface area contributed by atoms with E-state index in [1.807, 2.05) is 0 Å². The molecule has 0 fully saturated rings. The lowest BCUT2D eigenvalue weighted by Gasteiger charge is -2.13. The molecule has 2 aromatic rings. The van der Waals surface area contributed by atoms with Crippen molar-refractivity contribution >= 4 is 45.1 Å². The number of anilines is 1. The molecule has 6 nitrogen and oxygen atoms in total. The summed E-state index contributed by atoms with van der Waals surface area (Å²) in [6.45, 7) is -0.0286. The van der Waals surface area contributed by atoms with Crippen molar-refractivity contribution < 1.29 is 35.3 Å². The smallest absolute Gasteiger partial charge is 0.444 e. The molecule has 12 heteroatoms. The lowest BCUT2D eigenvalue weighted by molar-refractivity contribution is -0.0499. The van der Waals surface area contributed by atoms with E-state index in [0.29, 0.717) is 0 Å². The highest BCUT2D eigenvalue weighted by atomic mass is 35.5. The average molecular weight is 444 g/mol. The van der Waals surface area contributed by atoms with Crippen molar-refractivity contribution in [3.05, 3.63) is 58.1 Å². The van der Waals surface area contributed by atoms with Crippen LogP contribution in [0.1, 0.15) is 5.56 Å². The number of benzene rings is 2. The minimum Gasteiger partial charge on any atom is -0.444 e. The first-order valence-electron chi connectivity index (χ1n) is 6.97. The zero-order chi connectivity index (χ0) is 20.2. The van der Waals surface area contributed by atoms with Crippen molar-refractivity contribution in [2.75, 3.05) is 5.32 Å². The molecule has 0 atom stereocenters. The summed E-state index contributed by atoms with van der Waals surface area (Å²) in [4.78, 5) is 11.8. The van der Waals surface area contributed by atoms with E-state index >= 15 is 0 Å². The Morgan fingerprint density at radius 2 is 1.63 bits per heavy atom. The molecule has 0 aliphatic heterocycles. The molecule has 0 aromatic heterocycles. The standard InChI is InChI=1S/C15H10Cl2F3NO5S/c16-11-6-10(21-14(22)25-8-9-4-2-1-3-5-9)7-12(17)13(11)26-27(23,24)15(18,19)20/h1-7H,8H2,(H,21,22). The first-order valence-corrected chi connectivity index (χ1v) is 9.13. The van der Waals surface area contributed by atoms with Gasteiger partial charge in [0.1, 0.15) is 6.61 Å². The second-order valence-corrected chi connectivity index (χ2v) is 7.29. The lowest BCUT2D eigenvalue weighted by atomic mass is 10.2. The first kappa shape index (κ1) is 21.1. The maximum Gasteiger partial charge on any atom is 0.534 e. The molecule has 0 bridgehead atoms. The quantitative estimate of drug-likeness (QED) is 0.520. The highest BCUT2D eigenvalue weighted by Gasteiger charge is 2.49. The molecule has 27 heavy (non-hydrogen) atoms. The summed E-state index contributed by atoms with van der Waals surface area (Å²) < 4.78 is 68.2. The summed E-state index contributed by atoms with van der Waals surface area (Å²) >= 11 is 11.4. The molecule has 0 saturated carbocycles. The summed E-state index contributed by atoms with van der Waals surface area (Å²) in [5.41, 5.74) is -4.97. The molecular weight excluding hydrogens is 434 g/mol. The Balaban J connectivity index is 2.08. The zero-order valence-corrected chi connectivity index (χ0v) is 15.4.